The van der Waals surface area contributed by atoms with Crippen LogP contribution in [0.2, 0.25) is 0 Å². The smallest absolute Gasteiger partial charge is 0.244 e. The Labute approximate surface area is 239 Å². The minimum atomic E-state index is -3.80. The quantitative estimate of drug-likeness (QED) is 0.343. The zero-order chi connectivity index (χ0) is 29.4. The molecule has 8 heteroatoms. The number of carbonyl (C=O) groups excluding carboxylic acids is 2. The Morgan fingerprint density at radius 2 is 1.50 bits per heavy atom. The van der Waals surface area contributed by atoms with Crippen molar-refractivity contribution < 1.29 is 18.0 Å². The third-order valence-corrected chi connectivity index (χ3v) is 7.82. The first-order valence-electron chi connectivity index (χ1n) is 13.6. The van der Waals surface area contributed by atoms with Gasteiger partial charge in [-0.2, -0.15) is 0 Å². The van der Waals surface area contributed by atoms with Gasteiger partial charge in [-0.05, 0) is 49.4 Å². The van der Waals surface area contributed by atoms with Crippen molar-refractivity contribution in [2.45, 2.75) is 53.6 Å². The van der Waals surface area contributed by atoms with Crippen LogP contribution in [-0.2, 0) is 32.6 Å². The maximum Gasteiger partial charge on any atom is 0.244 e. The Bertz CT molecular complexity index is 1420. The van der Waals surface area contributed by atoms with Gasteiger partial charge in [-0.25, -0.2) is 8.42 Å². The molecule has 0 bridgehead atoms. The molecule has 40 heavy (non-hydrogen) atoms. The molecule has 0 aromatic heterocycles. The molecule has 0 aliphatic carbocycles. The van der Waals surface area contributed by atoms with E-state index in [2.05, 4.69) is 5.32 Å². The van der Waals surface area contributed by atoms with Crippen molar-refractivity contribution in [2.75, 3.05) is 23.7 Å². The molecule has 1 N–H and O–H groups in total. The molecule has 0 radical (unpaired) electrons. The zero-order valence-electron chi connectivity index (χ0n) is 24.3. The maximum absolute atomic E-state index is 14.2. The Morgan fingerprint density at radius 1 is 0.850 bits per heavy atom. The van der Waals surface area contributed by atoms with Crippen LogP contribution >= 0.6 is 0 Å². The molecule has 0 saturated carbocycles. The lowest BCUT2D eigenvalue weighted by atomic mass is 10.0. The van der Waals surface area contributed by atoms with E-state index in [4.69, 9.17) is 0 Å². The minimum absolute atomic E-state index is 0.164. The van der Waals surface area contributed by atoms with E-state index in [1.54, 1.807) is 6.07 Å². The lowest BCUT2D eigenvalue weighted by Crippen LogP contribution is -2.53. The van der Waals surface area contributed by atoms with E-state index < -0.39 is 28.5 Å². The fraction of sp³-hybridized carbons (Fsp3) is 0.375. The van der Waals surface area contributed by atoms with Gasteiger partial charge in [-0.1, -0.05) is 91.7 Å². The molecule has 0 heterocycles. The number of aryl methyl sites for hydroxylation is 3. The number of carbonyl (C=O) groups is 2. The van der Waals surface area contributed by atoms with Crippen molar-refractivity contribution in [1.29, 1.82) is 0 Å². The first kappa shape index (κ1) is 30.9. The fourth-order valence-electron chi connectivity index (χ4n) is 4.66. The SMILES string of the molecule is Cc1cccc(CN(C(=O)CN(c2ccc(C)cc2C)S(C)(=O)=O)C(Cc2ccccc2)C(=O)NCC(C)C)c1. The Kier molecular flexibility index (Phi) is 10.5. The minimum Gasteiger partial charge on any atom is -0.354 e. The first-order chi connectivity index (χ1) is 18.8. The molecule has 3 rings (SSSR count). The largest absolute Gasteiger partial charge is 0.354 e. The van der Waals surface area contributed by atoms with Crippen molar-refractivity contribution in [3.05, 3.63) is 101 Å². The van der Waals surface area contributed by atoms with E-state index in [9.17, 15) is 18.0 Å². The number of hydrogen-bond donors (Lipinski definition) is 1. The van der Waals surface area contributed by atoms with Crippen LogP contribution in [0.3, 0.4) is 0 Å². The van der Waals surface area contributed by atoms with E-state index in [1.807, 2.05) is 101 Å². The number of nitrogens with zero attached hydrogens (tertiary/aromatic N) is 2. The van der Waals surface area contributed by atoms with Crippen molar-refractivity contribution >= 4 is 27.5 Å². The number of hydrogen-bond acceptors (Lipinski definition) is 4. The molecule has 0 aliphatic rings. The van der Waals surface area contributed by atoms with Gasteiger partial charge in [0, 0.05) is 19.5 Å². The topological polar surface area (TPSA) is 86.8 Å². The molecular weight excluding hydrogens is 522 g/mol. The number of amides is 2. The van der Waals surface area contributed by atoms with Crippen LogP contribution < -0.4 is 9.62 Å². The molecule has 0 fully saturated rings. The Balaban J connectivity index is 2.07. The van der Waals surface area contributed by atoms with Crippen molar-refractivity contribution in [3.8, 4) is 0 Å². The van der Waals surface area contributed by atoms with Gasteiger partial charge in [0.05, 0.1) is 11.9 Å². The Morgan fingerprint density at radius 3 is 2.10 bits per heavy atom. The fourth-order valence-corrected chi connectivity index (χ4v) is 5.57. The van der Waals surface area contributed by atoms with Gasteiger partial charge >= 0.3 is 0 Å². The second kappa shape index (κ2) is 13.6. The second-order valence-corrected chi connectivity index (χ2v) is 12.8. The summed E-state index contributed by atoms with van der Waals surface area (Å²) in [7, 11) is -3.80. The average Bonchev–Trinajstić information content (AvgIpc) is 2.88. The summed E-state index contributed by atoms with van der Waals surface area (Å²) in [5.41, 5.74) is 4.98. The number of rotatable bonds is 12. The molecule has 1 unspecified atom stereocenters. The average molecular weight is 564 g/mol. The summed E-state index contributed by atoms with van der Waals surface area (Å²) in [5.74, 6) is -0.490. The van der Waals surface area contributed by atoms with E-state index in [1.165, 1.54) is 4.90 Å². The van der Waals surface area contributed by atoms with Gasteiger partial charge in [0.25, 0.3) is 0 Å². The maximum atomic E-state index is 14.2. The third-order valence-electron chi connectivity index (χ3n) is 6.69. The van der Waals surface area contributed by atoms with E-state index >= 15 is 0 Å². The van der Waals surface area contributed by atoms with Crippen LogP contribution in [-0.4, -0.2) is 50.5 Å². The third kappa shape index (κ3) is 8.68. The summed E-state index contributed by atoms with van der Waals surface area (Å²) in [6, 6.07) is 21.9. The summed E-state index contributed by atoms with van der Waals surface area (Å²) in [6.07, 6.45) is 1.39. The highest BCUT2D eigenvalue weighted by Crippen LogP contribution is 2.25. The predicted octanol–water partition coefficient (Wildman–Crippen LogP) is 4.79. The Hall–Kier alpha value is -3.65. The molecule has 2 amide bonds. The van der Waals surface area contributed by atoms with Crippen molar-refractivity contribution in [2.24, 2.45) is 5.92 Å². The van der Waals surface area contributed by atoms with Crippen LogP contribution in [0.5, 0.6) is 0 Å². The molecule has 0 saturated heterocycles. The standard InChI is InChI=1S/C32H41N3O4S/c1-23(2)20-33-32(37)30(19-27-12-8-7-9-13-27)34(21-28-14-10-11-24(3)18-28)31(36)22-35(40(6,38)39)29-16-15-25(4)17-26(29)5/h7-18,23,30H,19-22H2,1-6H3,(H,33,37). The monoisotopic (exact) mass is 563 g/mol. The van der Waals surface area contributed by atoms with Gasteiger partial charge in [0.2, 0.25) is 21.8 Å². The lowest BCUT2D eigenvalue weighted by Gasteiger charge is -2.34. The number of nitrogens with one attached hydrogen (secondary N) is 1. The van der Waals surface area contributed by atoms with Gasteiger partial charge < -0.3 is 10.2 Å². The molecule has 214 valence electrons. The van der Waals surface area contributed by atoms with Crippen molar-refractivity contribution in [3.63, 3.8) is 0 Å². The van der Waals surface area contributed by atoms with Crippen LogP contribution in [0.15, 0.2) is 72.8 Å². The first-order valence-corrected chi connectivity index (χ1v) is 15.4. The lowest BCUT2D eigenvalue weighted by molar-refractivity contribution is -0.140. The highest BCUT2D eigenvalue weighted by Gasteiger charge is 2.33. The summed E-state index contributed by atoms with van der Waals surface area (Å²) >= 11 is 0. The molecule has 3 aromatic carbocycles. The van der Waals surface area contributed by atoms with Crippen LogP contribution in [0.1, 0.15) is 41.7 Å². The molecule has 0 aliphatic heterocycles. The van der Waals surface area contributed by atoms with E-state index in [0.717, 1.165) is 38.4 Å². The van der Waals surface area contributed by atoms with E-state index in [0.29, 0.717) is 18.7 Å². The number of sulfonamides is 1. The molecule has 1 atom stereocenters. The molecule has 3 aromatic rings. The number of benzene rings is 3. The highest BCUT2D eigenvalue weighted by molar-refractivity contribution is 7.92. The van der Waals surface area contributed by atoms with Crippen LogP contribution in [0, 0.1) is 26.7 Å². The molecular formula is C32H41N3O4S. The van der Waals surface area contributed by atoms with Gasteiger partial charge in [-0.3, -0.25) is 13.9 Å². The van der Waals surface area contributed by atoms with Gasteiger partial charge in [-0.15, -0.1) is 0 Å². The summed E-state index contributed by atoms with van der Waals surface area (Å²) < 4.78 is 27.1. The highest BCUT2D eigenvalue weighted by atomic mass is 32.2. The summed E-state index contributed by atoms with van der Waals surface area (Å²) in [4.78, 5) is 29.3. The predicted molar refractivity (Wildman–Crippen MR) is 162 cm³/mol. The molecule has 0 spiro atoms. The van der Waals surface area contributed by atoms with Crippen molar-refractivity contribution in [1.82, 2.24) is 10.2 Å². The molecule has 7 nitrogen and oxygen atoms in total. The summed E-state index contributed by atoms with van der Waals surface area (Å²) in [5, 5.41) is 3.00. The van der Waals surface area contributed by atoms with E-state index in [-0.39, 0.29) is 18.4 Å². The normalized spacial score (nSPS) is 12.2. The zero-order valence-corrected chi connectivity index (χ0v) is 25.2. The van der Waals surface area contributed by atoms with Crippen LogP contribution in [0.25, 0.3) is 0 Å². The van der Waals surface area contributed by atoms with Gasteiger partial charge in [0.15, 0.2) is 0 Å². The second-order valence-electron chi connectivity index (χ2n) is 10.9. The van der Waals surface area contributed by atoms with Crippen LogP contribution in [0.4, 0.5) is 5.69 Å². The number of anilines is 1. The summed E-state index contributed by atoms with van der Waals surface area (Å²) in [6.45, 7) is 9.96. The van der Waals surface area contributed by atoms with Gasteiger partial charge in [0.1, 0.15) is 12.6 Å².